The van der Waals surface area contributed by atoms with Crippen LogP contribution < -0.4 is 0 Å². The predicted octanol–water partition coefficient (Wildman–Crippen LogP) is 1.27. The van der Waals surface area contributed by atoms with Gasteiger partial charge in [0.25, 0.3) is 0 Å². The van der Waals surface area contributed by atoms with E-state index in [1.807, 2.05) is 18.2 Å². The van der Waals surface area contributed by atoms with Gasteiger partial charge < -0.3 is 4.90 Å². The molecule has 1 fully saturated rings. The van der Waals surface area contributed by atoms with Crippen LogP contribution in [0.15, 0.2) is 37.1 Å². The molecule has 0 aromatic carbocycles. The highest BCUT2D eigenvalue weighted by Gasteiger charge is 2.29. The molecule has 2 heterocycles. The number of rotatable bonds is 3. The molecular formula is C12H14N2O. The summed E-state index contributed by atoms with van der Waals surface area (Å²) < 4.78 is 0. The Labute approximate surface area is 89.4 Å². The Morgan fingerprint density at radius 1 is 1.60 bits per heavy atom. The van der Waals surface area contributed by atoms with Crippen molar-refractivity contribution in [3.8, 4) is 0 Å². The molecule has 1 aliphatic heterocycles. The molecule has 0 bridgehead atoms. The minimum absolute atomic E-state index is 0.0345. The lowest BCUT2D eigenvalue weighted by molar-refractivity contribution is -0.132. The first kappa shape index (κ1) is 9.90. The van der Waals surface area contributed by atoms with Gasteiger partial charge in [0.2, 0.25) is 5.91 Å². The van der Waals surface area contributed by atoms with Crippen LogP contribution in [0.4, 0.5) is 0 Å². The van der Waals surface area contributed by atoms with Crippen molar-refractivity contribution in [1.82, 2.24) is 9.88 Å². The summed E-state index contributed by atoms with van der Waals surface area (Å²) in [7, 11) is 0. The average molecular weight is 202 g/mol. The number of nitrogens with zero attached hydrogens (tertiary/aromatic N) is 2. The molecule has 3 nitrogen and oxygen atoms in total. The van der Waals surface area contributed by atoms with Crippen LogP contribution in [0.5, 0.6) is 0 Å². The maximum Gasteiger partial charge on any atom is 0.245 e. The van der Waals surface area contributed by atoms with Gasteiger partial charge in [0, 0.05) is 25.0 Å². The molecule has 78 valence electrons. The highest BCUT2D eigenvalue weighted by Crippen LogP contribution is 2.19. The van der Waals surface area contributed by atoms with Crippen molar-refractivity contribution in [3.63, 3.8) is 0 Å². The number of carbonyl (C=O) groups is 1. The molecule has 0 unspecified atom stereocenters. The lowest BCUT2D eigenvalue weighted by Crippen LogP contribution is -2.50. The number of carbonyl (C=O) groups excluding carboxylic acids is 1. The minimum Gasteiger partial charge on any atom is -0.338 e. The molecule has 2 rings (SSSR count). The Hall–Kier alpha value is -1.64. The van der Waals surface area contributed by atoms with Crippen molar-refractivity contribution >= 4 is 5.91 Å². The molecule has 1 aromatic heterocycles. The van der Waals surface area contributed by atoms with E-state index in [0.717, 1.165) is 25.2 Å². The largest absolute Gasteiger partial charge is 0.338 e. The first-order valence-corrected chi connectivity index (χ1v) is 5.11. The average Bonchev–Trinajstić information content (AvgIpc) is 2.23. The zero-order valence-corrected chi connectivity index (χ0v) is 8.60. The standard InChI is InChI=1S/C12H14N2O/c1-2-12(15)14-8-10(9-14)7-11-5-3-4-6-13-11/h2-6,10H,1,7-9H2. The second-order valence-electron chi connectivity index (χ2n) is 3.84. The summed E-state index contributed by atoms with van der Waals surface area (Å²) in [5, 5.41) is 0. The van der Waals surface area contributed by atoms with Gasteiger partial charge in [-0.3, -0.25) is 9.78 Å². The summed E-state index contributed by atoms with van der Waals surface area (Å²) in [6.07, 6.45) is 4.14. The van der Waals surface area contributed by atoms with Gasteiger partial charge in [-0.2, -0.15) is 0 Å². The van der Waals surface area contributed by atoms with E-state index in [9.17, 15) is 4.79 Å². The van der Waals surface area contributed by atoms with Crippen LogP contribution in [0.3, 0.4) is 0 Å². The van der Waals surface area contributed by atoms with Gasteiger partial charge in [-0.1, -0.05) is 12.6 Å². The van der Waals surface area contributed by atoms with Crippen molar-refractivity contribution in [2.45, 2.75) is 6.42 Å². The normalized spacial score (nSPS) is 15.9. The van der Waals surface area contributed by atoms with E-state index >= 15 is 0 Å². The molecule has 0 radical (unpaired) electrons. The van der Waals surface area contributed by atoms with E-state index < -0.39 is 0 Å². The van der Waals surface area contributed by atoms with Gasteiger partial charge in [-0.15, -0.1) is 0 Å². The quantitative estimate of drug-likeness (QED) is 0.691. The molecular weight excluding hydrogens is 188 g/mol. The monoisotopic (exact) mass is 202 g/mol. The van der Waals surface area contributed by atoms with Crippen LogP contribution in [-0.4, -0.2) is 28.9 Å². The molecule has 1 saturated heterocycles. The van der Waals surface area contributed by atoms with E-state index in [-0.39, 0.29) is 5.91 Å². The smallest absolute Gasteiger partial charge is 0.245 e. The van der Waals surface area contributed by atoms with Crippen LogP contribution in [0.2, 0.25) is 0 Å². The fourth-order valence-corrected chi connectivity index (χ4v) is 1.82. The highest BCUT2D eigenvalue weighted by atomic mass is 16.2. The molecule has 0 N–H and O–H groups in total. The number of amides is 1. The Morgan fingerprint density at radius 2 is 2.40 bits per heavy atom. The van der Waals surface area contributed by atoms with E-state index in [1.54, 1.807) is 11.1 Å². The van der Waals surface area contributed by atoms with Crippen molar-refractivity contribution in [2.24, 2.45) is 5.92 Å². The number of likely N-dealkylation sites (tertiary alicyclic amines) is 1. The molecule has 1 aromatic rings. The van der Waals surface area contributed by atoms with E-state index in [4.69, 9.17) is 0 Å². The number of hydrogen-bond donors (Lipinski definition) is 0. The zero-order valence-electron chi connectivity index (χ0n) is 8.60. The van der Waals surface area contributed by atoms with E-state index in [2.05, 4.69) is 11.6 Å². The second kappa shape index (κ2) is 4.26. The van der Waals surface area contributed by atoms with Crippen molar-refractivity contribution in [1.29, 1.82) is 0 Å². The molecule has 0 saturated carbocycles. The third-order valence-electron chi connectivity index (χ3n) is 2.67. The van der Waals surface area contributed by atoms with Gasteiger partial charge in [-0.25, -0.2) is 0 Å². The minimum atomic E-state index is 0.0345. The van der Waals surface area contributed by atoms with E-state index in [0.29, 0.717) is 5.92 Å². The number of hydrogen-bond acceptors (Lipinski definition) is 2. The zero-order chi connectivity index (χ0) is 10.7. The summed E-state index contributed by atoms with van der Waals surface area (Å²) >= 11 is 0. The fraction of sp³-hybridized carbons (Fsp3) is 0.333. The van der Waals surface area contributed by atoms with Crippen LogP contribution in [0.1, 0.15) is 5.69 Å². The Kier molecular flexibility index (Phi) is 2.81. The summed E-state index contributed by atoms with van der Waals surface area (Å²) in [5.41, 5.74) is 1.10. The Balaban J connectivity index is 1.81. The molecule has 1 aliphatic rings. The van der Waals surface area contributed by atoms with Gasteiger partial charge in [-0.05, 0) is 30.5 Å². The van der Waals surface area contributed by atoms with Crippen LogP contribution in [-0.2, 0) is 11.2 Å². The van der Waals surface area contributed by atoms with Gasteiger partial charge in [0.1, 0.15) is 0 Å². The number of aromatic nitrogens is 1. The first-order chi connectivity index (χ1) is 7.29. The van der Waals surface area contributed by atoms with Crippen LogP contribution >= 0.6 is 0 Å². The summed E-state index contributed by atoms with van der Waals surface area (Å²) in [4.78, 5) is 17.3. The second-order valence-corrected chi connectivity index (χ2v) is 3.84. The molecule has 1 amide bonds. The fourth-order valence-electron chi connectivity index (χ4n) is 1.82. The van der Waals surface area contributed by atoms with Crippen molar-refractivity contribution < 1.29 is 4.79 Å². The third-order valence-corrected chi connectivity index (χ3v) is 2.67. The highest BCUT2D eigenvalue weighted by molar-refractivity contribution is 5.87. The lowest BCUT2D eigenvalue weighted by Gasteiger charge is -2.38. The molecule has 0 aliphatic carbocycles. The molecule has 15 heavy (non-hydrogen) atoms. The van der Waals surface area contributed by atoms with Gasteiger partial charge in [0.15, 0.2) is 0 Å². The molecule has 0 atom stereocenters. The predicted molar refractivity (Wildman–Crippen MR) is 58.2 cm³/mol. The lowest BCUT2D eigenvalue weighted by atomic mass is 9.94. The van der Waals surface area contributed by atoms with E-state index in [1.165, 1.54) is 6.08 Å². The summed E-state index contributed by atoms with van der Waals surface area (Å²) in [5.74, 6) is 0.594. The van der Waals surface area contributed by atoms with Crippen LogP contribution in [0, 0.1) is 5.92 Å². The van der Waals surface area contributed by atoms with Gasteiger partial charge in [0.05, 0.1) is 0 Å². The maximum atomic E-state index is 11.2. The Morgan fingerprint density at radius 3 is 3.00 bits per heavy atom. The van der Waals surface area contributed by atoms with Crippen LogP contribution in [0.25, 0.3) is 0 Å². The summed E-state index contributed by atoms with van der Waals surface area (Å²) in [6, 6.07) is 5.93. The third kappa shape index (κ3) is 2.24. The topological polar surface area (TPSA) is 33.2 Å². The number of pyridine rings is 1. The maximum absolute atomic E-state index is 11.2. The SMILES string of the molecule is C=CC(=O)N1CC(Cc2ccccn2)C1. The van der Waals surface area contributed by atoms with Crippen molar-refractivity contribution in [2.75, 3.05) is 13.1 Å². The molecule has 0 spiro atoms. The summed E-state index contributed by atoms with van der Waals surface area (Å²) in [6.45, 7) is 5.14. The Bertz CT molecular complexity index is 355. The first-order valence-electron chi connectivity index (χ1n) is 5.11. The van der Waals surface area contributed by atoms with Gasteiger partial charge >= 0.3 is 0 Å². The molecule has 3 heteroatoms. The van der Waals surface area contributed by atoms with Crippen molar-refractivity contribution in [3.05, 3.63) is 42.7 Å².